The van der Waals surface area contributed by atoms with E-state index in [4.69, 9.17) is 5.11 Å². The van der Waals surface area contributed by atoms with Crippen LogP contribution in [0.2, 0.25) is 0 Å². The normalized spacial score (nSPS) is 27.5. The van der Waals surface area contributed by atoms with Crippen molar-refractivity contribution in [2.45, 2.75) is 31.3 Å². The summed E-state index contributed by atoms with van der Waals surface area (Å²) >= 11 is 1.48. The summed E-state index contributed by atoms with van der Waals surface area (Å²) in [6.07, 6.45) is 1.97. The minimum atomic E-state index is -0.920. The third kappa shape index (κ3) is 2.19. The van der Waals surface area contributed by atoms with Crippen LogP contribution in [0.5, 0.6) is 0 Å². The van der Waals surface area contributed by atoms with Crippen molar-refractivity contribution in [1.29, 1.82) is 0 Å². The number of carboxylic acids is 1. The average molecular weight is 230 g/mol. The summed E-state index contributed by atoms with van der Waals surface area (Å²) in [5.74, 6) is 0.0364. The SMILES string of the molecule is CC1(NC(=O)N2CSC[C@H]2C(=O)O)CC1. The summed E-state index contributed by atoms with van der Waals surface area (Å²) in [7, 11) is 0. The second-order valence-electron chi connectivity index (χ2n) is 4.31. The zero-order valence-electron chi connectivity index (χ0n) is 8.52. The van der Waals surface area contributed by atoms with Crippen molar-refractivity contribution >= 4 is 23.8 Å². The largest absolute Gasteiger partial charge is 0.480 e. The van der Waals surface area contributed by atoms with Crippen LogP contribution in [0.3, 0.4) is 0 Å². The number of carboxylic acid groups (broad SMARTS) is 1. The molecule has 1 aliphatic carbocycles. The van der Waals surface area contributed by atoms with E-state index in [9.17, 15) is 9.59 Å². The van der Waals surface area contributed by atoms with E-state index in [1.165, 1.54) is 16.7 Å². The number of thioether (sulfide) groups is 1. The van der Waals surface area contributed by atoms with E-state index < -0.39 is 12.0 Å². The zero-order valence-corrected chi connectivity index (χ0v) is 9.34. The molecule has 0 unspecified atom stereocenters. The van der Waals surface area contributed by atoms with Gasteiger partial charge >= 0.3 is 12.0 Å². The van der Waals surface area contributed by atoms with Gasteiger partial charge in [0.2, 0.25) is 0 Å². The molecular weight excluding hydrogens is 216 g/mol. The van der Waals surface area contributed by atoms with Crippen LogP contribution in [-0.4, -0.2) is 45.2 Å². The molecular formula is C9H14N2O3S. The number of hydrogen-bond acceptors (Lipinski definition) is 3. The Morgan fingerprint density at radius 2 is 2.20 bits per heavy atom. The third-order valence-corrected chi connectivity index (χ3v) is 3.85. The van der Waals surface area contributed by atoms with Gasteiger partial charge < -0.3 is 15.3 Å². The molecule has 2 amide bonds. The van der Waals surface area contributed by atoms with Crippen LogP contribution in [0.1, 0.15) is 19.8 Å². The molecule has 5 nitrogen and oxygen atoms in total. The molecule has 1 atom stereocenters. The molecule has 1 aliphatic heterocycles. The standard InChI is InChI=1S/C9H14N2O3S/c1-9(2-3-9)10-8(14)11-5-15-4-6(11)7(12)13/h6H,2-5H2,1H3,(H,10,14)(H,12,13)/t6-/m0/s1. The van der Waals surface area contributed by atoms with Gasteiger partial charge in [-0.3, -0.25) is 0 Å². The highest BCUT2D eigenvalue weighted by Crippen LogP contribution is 2.35. The number of nitrogens with zero attached hydrogens (tertiary/aromatic N) is 1. The Bertz CT molecular complexity index is 304. The number of carbonyl (C=O) groups excluding carboxylic acids is 1. The summed E-state index contributed by atoms with van der Waals surface area (Å²) in [6, 6.07) is -0.912. The van der Waals surface area contributed by atoms with Gasteiger partial charge in [0.1, 0.15) is 6.04 Å². The lowest BCUT2D eigenvalue weighted by Gasteiger charge is -2.23. The maximum Gasteiger partial charge on any atom is 0.327 e. The number of hydrogen-bond donors (Lipinski definition) is 2. The van der Waals surface area contributed by atoms with Crippen molar-refractivity contribution in [1.82, 2.24) is 10.2 Å². The van der Waals surface area contributed by atoms with E-state index in [2.05, 4.69) is 5.32 Å². The molecule has 0 spiro atoms. The second kappa shape index (κ2) is 3.59. The molecule has 2 fully saturated rings. The molecule has 84 valence electrons. The van der Waals surface area contributed by atoms with Gasteiger partial charge in [-0.2, -0.15) is 0 Å². The van der Waals surface area contributed by atoms with Crippen LogP contribution in [0, 0.1) is 0 Å². The molecule has 6 heteroatoms. The Morgan fingerprint density at radius 1 is 1.53 bits per heavy atom. The van der Waals surface area contributed by atoms with Crippen molar-refractivity contribution < 1.29 is 14.7 Å². The molecule has 2 N–H and O–H groups in total. The first-order valence-electron chi connectivity index (χ1n) is 4.91. The summed E-state index contributed by atoms with van der Waals surface area (Å²) in [5, 5.41) is 11.8. The number of aliphatic carboxylic acids is 1. The lowest BCUT2D eigenvalue weighted by Crippen LogP contribution is -2.49. The number of rotatable bonds is 2. The molecule has 0 bridgehead atoms. The van der Waals surface area contributed by atoms with Crippen molar-refractivity contribution in [3.05, 3.63) is 0 Å². The van der Waals surface area contributed by atoms with Crippen LogP contribution < -0.4 is 5.32 Å². The van der Waals surface area contributed by atoms with Gasteiger partial charge in [-0.1, -0.05) is 0 Å². The van der Waals surface area contributed by atoms with E-state index in [1.54, 1.807) is 0 Å². The Labute approximate surface area is 92.2 Å². The van der Waals surface area contributed by atoms with Crippen LogP contribution in [0.25, 0.3) is 0 Å². The molecule has 2 rings (SSSR count). The van der Waals surface area contributed by atoms with Crippen LogP contribution in [-0.2, 0) is 4.79 Å². The van der Waals surface area contributed by atoms with Gasteiger partial charge in [0.15, 0.2) is 0 Å². The van der Waals surface area contributed by atoms with Gasteiger partial charge in [0, 0.05) is 11.3 Å². The summed E-state index contributed by atoms with van der Waals surface area (Å²) < 4.78 is 0. The summed E-state index contributed by atoms with van der Waals surface area (Å²) in [5.41, 5.74) is -0.0899. The number of carbonyl (C=O) groups is 2. The van der Waals surface area contributed by atoms with E-state index in [0.717, 1.165) is 12.8 Å². The number of nitrogens with one attached hydrogen (secondary N) is 1. The first-order valence-corrected chi connectivity index (χ1v) is 6.07. The quantitative estimate of drug-likeness (QED) is 0.733. The molecule has 15 heavy (non-hydrogen) atoms. The number of urea groups is 1. The molecule has 1 saturated carbocycles. The van der Waals surface area contributed by atoms with Crippen molar-refractivity contribution in [3.8, 4) is 0 Å². The molecule has 2 aliphatic rings. The van der Waals surface area contributed by atoms with E-state index in [0.29, 0.717) is 11.6 Å². The maximum absolute atomic E-state index is 11.8. The van der Waals surface area contributed by atoms with Gasteiger partial charge in [0.25, 0.3) is 0 Å². The fourth-order valence-corrected chi connectivity index (χ4v) is 2.63. The fourth-order valence-electron chi connectivity index (χ4n) is 1.49. The smallest absolute Gasteiger partial charge is 0.327 e. The molecule has 1 saturated heterocycles. The zero-order chi connectivity index (χ0) is 11.1. The topological polar surface area (TPSA) is 69.6 Å². The minimum absolute atomic E-state index is 0.0899. The monoisotopic (exact) mass is 230 g/mol. The van der Waals surface area contributed by atoms with Crippen LogP contribution in [0.4, 0.5) is 4.79 Å². The maximum atomic E-state index is 11.8. The van der Waals surface area contributed by atoms with Crippen molar-refractivity contribution in [3.63, 3.8) is 0 Å². The molecule has 1 heterocycles. The third-order valence-electron chi connectivity index (χ3n) is 2.84. The van der Waals surface area contributed by atoms with Gasteiger partial charge in [0.05, 0.1) is 5.88 Å². The Balaban J connectivity index is 1.96. The minimum Gasteiger partial charge on any atom is -0.480 e. The van der Waals surface area contributed by atoms with Crippen LogP contribution in [0.15, 0.2) is 0 Å². The molecule has 0 aromatic carbocycles. The van der Waals surface area contributed by atoms with Gasteiger partial charge in [-0.05, 0) is 19.8 Å². The fraction of sp³-hybridized carbons (Fsp3) is 0.778. The Morgan fingerprint density at radius 3 is 2.73 bits per heavy atom. The first-order chi connectivity index (χ1) is 7.02. The highest BCUT2D eigenvalue weighted by molar-refractivity contribution is 7.99. The van der Waals surface area contributed by atoms with Crippen molar-refractivity contribution in [2.24, 2.45) is 0 Å². The van der Waals surface area contributed by atoms with Gasteiger partial charge in [-0.25, -0.2) is 9.59 Å². The Hall–Kier alpha value is -0.910. The molecule has 0 aromatic rings. The predicted octanol–water partition coefficient (Wildman–Crippen LogP) is 0.708. The predicted molar refractivity (Wildman–Crippen MR) is 56.8 cm³/mol. The lowest BCUT2D eigenvalue weighted by molar-refractivity contribution is -0.140. The van der Waals surface area contributed by atoms with Gasteiger partial charge in [-0.15, -0.1) is 11.8 Å². The molecule has 0 aromatic heterocycles. The summed E-state index contributed by atoms with van der Waals surface area (Å²) in [6.45, 7) is 1.98. The second-order valence-corrected chi connectivity index (χ2v) is 5.31. The first kappa shape index (κ1) is 10.6. The van der Waals surface area contributed by atoms with Crippen LogP contribution >= 0.6 is 11.8 Å². The lowest BCUT2D eigenvalue weighted by atomic mass is 10.3. The van der Waals surface area contributed by atoms with E-state index >= 15 is 0 Å². The number of amides is 2. The van der Waals surface area contributed by atoms with E-state index in [-0.39, 0.29) is 11.6 Å². The average Bonchev–Trinajstić information content (AvgIpc) is 2.70. The highest BCUT2D eigenvalue weighted by atomic mass is 32.2. The summed E-state index contributed by atoms with van der Waals surface area (Å²) in [4.78, 5) is 24.0. The molecule has 0 radical (unpaired) electrons. The highest BCUT2D eigenvalue weighted by Gasteiger charge is 2.42. The van der Waals surface area contributed by atoms with E-state index in [1.807, 2.05) is 6.92 Å². The van der Waals surface area contributed by atoms with Crippen molar-refractivity contribution in [2.75, 3.05) is 11.6 Å². The Kier molecular flexibility index (Phi) is 2.54.